The molecule has 154 valence electrons. The van der Waals surface area contributed by atoms with Crippen molar-refractivity contribution >= 4 is 40.4 Å². The lowest BCUT2D eigenvalue weighted by molar-refractivity contribution is 0.0996. The molecule has 8 heteroatoms. The van der Waals surface area contributed by atoms with Crippen LogP contribution >= 0.6 is 11.3 Å². The number of pyridine rings is 1. The molecule has 31 heavy (non-hydrogen) atoms. The number of rotatable bonds is 7. The van der Waals surface area contributed by atoms with Crippen LogP contribution in [-0.2, 0) is 6.54 Å². The van der Waals surface area contributed by atoms with Gasteiger partial charge >= 0.3 is 0 Å². The van der Waals surface area contributed by atoms with E-state index in [1.165, 1.54) is 11.3 Å². The van der Waals surface area contributed by atoms with Gasteiger partial charge in [0.15, 0.2) is 5.13 Å². The second-order valence-corrected chi connectivity index (χ2v) is 7.59. The first-order valence-electron chi connectivity index (χ1n) is 9.47. The molecular formula is C23H19N5O2S. The lowest BCUT2D eigenvalue weighted by atomic mass is 10.1. The van der Waals surface area contributed by atoms with Crippen LogP contribution in [0.1, 0.15) is 37.7 Å². The van der Waals surface area contributed by atoms with Crippen LogP contribution in [0.15, 0.2) is 72.5 Å². The average molecular weight is 430 g/mol. The van der Waals surface area contributed by atoms with Gasteiger partial charge in [-0.2, -0.15) is 0 Å². The molecule has 0 aliphatic carbocycles. The average Bonchev–Trinajstić information content (AvgIpc) is 3.42. The highest BCUT2D eigenvalue weighted by molar-refractivity contribution is 7.14. The number of nitrogens with two attached hydrogens (primary N) is 1. The Morgan fingerprint density at radius 2 is 1.84 bits per heavy atom. The fourth-order valence-corrected chi connectivity index (χ4v) is 3.64. The van der Waals surface area contributed by atoms with Gasteiger partial charge in [0.25, 0.3) is 5.91 Å². The molecular weight excluding hydrogens is 410 g/mol. The van der Waals surface area contributed by atoms with E-state index in [0.29, 0.717) is 22.9 Å². The number of thiazole rings is 1. The monoisotopic (exact) mass is 429 g/mol. The quantitative estimate of drug-likeness (QED) is 0.465. The van der Waals surface area contributed by atoms with Crippen molar-refractivity contribution in [2.24, 2.45) is 5.73 Å². The molecule has 0 saturated carbocycles. The van der Waals surface area contributed by atoms with Crippen molar-refractivity contribution < 1.29 is 9.59 Å². The summed E-state index contributed by atoms with van der Waals surface area (Å²) in [6.45, 7) is 0.582. The van der Waals surface area contributed by atoms with Gasteiger partial charge in [0.1, 0.15) is 5.69 Å². The molecule has 4 rings (SSSR count). The molecule has 0 spiro atoms. The molecule has 0 fully saturated rings. The second kappa shape index (κ2) is 9.19. The summed E-state index contributed by atoms with van der Waals surface area (Å²) < 4.78 is 1.88. The van der Waals surface area contributed by atoms with Crippen LogP contribution in [0.2, 0.25) is 0 Å². The molecule has 0 atom stereocenters. The maximum absolute atomic E-state index is 12.7. The second-order valence-electron chi connectivity index (χ2n) is 6.73. The summed E-state index contributed by atoms with van der Waals surface area (Å²) in [6, 6.07) is 14.4. The molecule has 0 bridgehead atoms. The molecule has 0 aliphatic heterocycles. The fourth-order valence-electron chi connectivity index (χ4n) is 2.96. The van der Waals surface area contributed by atoms with E-state index in [2.05, 4.69) is 15.3 Å². The van der Waals surface area contributed by atoms with Crippen LogP contribution in [0.5, 0.6) is 0 Å². The summed E-state index contributed by atoms with van der Waals surface area (Å²) in [5.41, 5.74) is 8.97. The highest BCUT2D eigenvalue weighted by Gasteiger charge is 2.13. The summed E-state index contributed by atoms with van der Waals surface area (Å²) in [5, 5.41) is 5.24. The van der Waals surface area contributed by atoms with Crippen molar-refractivity contribution in [3.8, 4) is 0 Å². The van der Waals surface area contributed by atoms with Gasteiger partial charge in [0.2, 0.25) is 5.91 Å². The predicted octanol–water partition coefficient (Wildman–Crippen LogP) is 3.91. The summed E-state index contributed by atoms with van der Waals surface area (Å²) in [5.74, 6) is -0.673. The van der Waals surface area contributed by atoms with Crippen LogP contribution in [-0.4, -0.2) is 26.3 Å². The Balaban J connectivity index is 1.40. The molecule has 7 nitrogen and oxygen atoms in total. The number of carbonyl (C=O) groups excluding carboxylic acids is 2. The minimum Gasteiger partial charge on any atom is -0.366 e. The van der Waals surface area contributed by atoms with E-state index in [4.69, 9.17) is 5.73 Å². The normalized spacial score (nSPS) is 11.0. The first-order valence-corrected chi connectivity index (χ1v) is 10.4. The first kappa shape index (κ1) is 20.2. The smallest absolute Gasteiger partial charge is 0.274 e. The fraction of sp³-hybridized carbons (Fsp3) is 0.0435. The number of nitrogens with one attached hydrogen (secondary N) is 1. The van der Waals surface area contributed by atoms with Gasteiger partial charge in [-0.1, -0.05) is 18.2 Å². The number of amides is 2. The van der Waals surface area contributed by atoms with Gasteiger partial charge in [-0.25, -0.2) is 4.98 Å². The molecule has 4 aromatic rings. The number of benzene rings is 1. The van der Waals surface area contributed by atoms with E-state index in [1.807, 2.05) is 58.6 Å². The summed E-state index contributed by atoms with van der Waals surface area (Å²) in [4.78, 5) is 32.3. The minimum atomic E-state index is -0.456. The van der Waals surface area contributed by atoms with Crippen LogP contribution in [0.25, 0.3) is 12.2 Å². The summed E-state index contributed by atoms with van der Waals surface area (Å²) >= 11 is 1.35. The third-order valence-electron chi connectivity index (χ3n) is 4.55. The number of carbonyl (C=O) groups is 2. The SMILES string of the molecule is NC(=O)c1ccc(/C=C/c2csc(NC(=O)c3cccn3Cc3ccncc3)n2)cc1. The first-order chi connectivity index (χ1) is 15.1. The Kier molecular flexibility index (Phi) is 6.00. The van der Waals surface area contributed by atoms with E-state index in [1.54, 1.807) is 30.6 Å². The third kappa shape index (κ3) is 5.12. The number of hydrogen-bond acceptors (Lipinski definition) is 5. The largest absolute Gasteiger partial charge is 0.366 e. The molecule has 3 aromatic heterocycles. The van der Waals surface area contributed by atoms with E-state index < -0.39 is 5.91 Å². The Bertz CT molecular complexity index is 1230. The van der Waals surface area contributed by atoms with Crippen molar-refractivity contribution in [3.63, 3.8) is 0 Å². The van der Waals surface area contributed by atoms with Crippen molar-refractivity contribution in [3.05, 3.63) is 101 Å². The Hall–Kier alpha value is -4.04. The van der Waals surface area contributed by atoms with Crippen molar-refractivity contribution in [2.45, 2.75) is 6.54 Å². The molecule has 3 heterocycles. The van der Waals surface area contributed by atoms with Crippen molar-refractivity contribution in [2.75, 3.05) is 5.32 Å². The predicted molar refractivity (Wildman–Crippen MR) is 122 cm³/mol. The summed E-state index contributed by atoms with van der Waals surface area (Å²) in [6.07, 6.45) is 9.06. The molecule has 1 aromatic carbocycles. The maximum atomic E-state index is 12.7. The molecule has 0 aliphatic rings. The highest BCUT2D eigenvalue weighted by atomic mass is 32.1. The number of aromatic nitrogens is 3. The maximum Gasteiger partial charge on any atom is 0.274 e. The standard InChI is InChI=1S/C23H19N5O2S/c24-21(29)18-6-3-16(4-7-18)5-8-19-15-31-23(26-19)27-22(30)20-2-1-13-28(20)14-17-9-11-25-12-10-17/h1-13,15H,14H2,(H2,24,29)(H,26,27,30)/b8-5+. The zero-order chi connectivity index (χ0) is 21.6. The molecule has 0 radical (unpaired) electrons. The Morgan fingerprint density at radius 1 is 1.06 bits per heavy atom. The van der Waals surface area contributed by atoms with E-state index >= 15 is 0 Å². The molecule has 2 amide bonds. The van der Waals surface area contributed by atoms with Gasteiger partial charge in [0, 0.05) is 36.1 Å². The molecule has 0 saturated heterocycles. The molecule has 0 unspecified atom stereocenters. The van der Waals surface area contributed by atoms with Crippen molar-refractivity contribution in [1.29, 1.82) is 0 Å². The topological polar surface area (TPSA) is 103 Å². The number of hydrogen-bond donors (Lipinski definition) is 2. The lowest BCUT2D eigenvalue weighted by Gasteiger charge is -2.08. The number of anilines is 1. The Labute approximate surface area is 182 Å². The lowest BCUT2D eigenvalue weighted by Crippen LogP contribution is -2.17. The van der Waals surface area contributed by atoms with Gasteiger partial charge < -0.3 is 10.3 Å². The van der Waals surface area contributed by atoms with Gasteiger partial charge in [-0.3, -0.25) is 19.9 Å². The van der Waals surface area contributed by atoms with E-state index in [-0.39, 0.29) is 5.91 Å². The molecule has 3 N–H and O–H groups in total. The van der Waals surface area contributed by atoms with Crippen LogP contribution in [0.4, 0.5) is 5.13 Å². The Morgan fingerprint density at radius 3 is 2.58 bits per heavy atom. The van der Waals surface area contributed by atoms with Gasteiger partial charge in [-0.05, 0) is 53.6 Å². The zero-order valence-corrected chi connectivity index (χ0v) is 17.3. The zero-order valence-electron chi connectivity index (χ0n) is 16.4. The number of nitrogens with zero attached hydrogens (tertiary/aromatic N) is 3. The number of primary amides is 1. The van der Waals surface area contributed by atoms with Crippen LogP contribution < -0.4 is 11.1 Å². The van der Waals surface area contributed by atoms with Gasteiger partial charge in [0.05, 0.1) is 5.69 Å². The van der Waals surface area contributed by atoms with Crippen LogP contribution in [0, 0.1) is 0 Å². The minimum absolute atomic E-state index is 0.217. The van der Waals surface area contributed by atoms with Crippen LogP contribution in [0.3, 0.4) is 0 Å². The third-order valence-corrected chi connectivity index (χ3v) is 5.32. The van der Waals surface area contributed by atoms with Gasteiger partial charge in [-0.15, -0.1) is 11.3 Å². The summed E-state index contributed by atoms with van der Waals surface area (Å²) in [7, 11) is 0. The van der Waals surface area contributed by atoms with E-state index in [9.17, 15) is 9.59 Å². The van der Waals surface area contributed by atoms with Crippen molar-refractivity contribution in [1.82, 2.24) is 14.5 Å². The van der Waals surface area contributed by atoms with E-state index in [0.717, 1.165) is 16.8 Å². The highest BCUT2D eigenvalue weighted by Crippen LogP contribution is 2.19.